The van der Waals surface area contributed by atoms with Crippen molar-refractivity contribution in [2.75, 3.05) is 0 Å². The van der Waals surface area contributed by atoms with Gasteiger partial charge in [0.15, 0.2) is 0 Å². The Hall–Kier alpha value is -1.26. The smallest absolute Gasteiger partial charge is 0.344 e. The highest BCUT2D eigenvalue weighted by Gasteiger charge is 2.30. The van der Waals surface area contributed by atoms with Crippen LogP contribution in [0.5, 0.6) is 0 Å². The van der Waals surface area contributed by atoms with Crippen molar-refractivity contribution in [2.24, 2.45) is 4.99 Å². The van der Waals surface area contributed by atoms with E-state index in [0.717, 1.165) is 5.70 Å². The van der Waals surface area contributed by atoms with Crippen molar-refractivity contribution in [3.8, 4) is 0 Å². The van der Waals surface area contributed by atoms with Gasteiger partial charge in [-0.1, -0.05) is 6.08 Å². The van der Waals surface area contributed by atoms with Gasteiger partial charge in [-0.3, -0.25) is 0 Å². The highest BCUT2D eigenvalue weighted by atomic mass is 19.4. The summed E-state index contributed by atoms with van der Waals surface area (Å²) in [5.74, 6) is 0.346. The number of hydrogen-bond acceptors (Lipinski definition) is 2. The molecule has 0 radical (unpaired) electrons. The molecule has 1 heterocycles. The lowest BCUT2D eigenvalue weighted by molar-refractivity contribution is -0.127. The lowest BCUT2D eigenvalue weighted by atomic mass is 10.0. The Balaban J connectivity index is 2.84. The van der Waals surface area contributed by atoms with E-state index in [2.05, 4.69) is 10.3 Å². The molecule has 1 aliphatic rings. The Morgan fingerprint density at radius 2 is 2.25 bits per heavy atom. The van der Waals surface area contributed by atoms with Crippen molar-refractivity contribution in [1.82, 2.24) is 5.32 Å². The largest absolute Gasteiger partial charge is 0.392 e. The molecule has 0 fully saturated rings. The van der Waals surface area contributed by atoms with E-state index < -0.39 is 12.6 Å². The maximum Gasteiger partial charge on any atom is 0.392 e. The van der Waals surface area contributed by atoms with Crippen LogP contribution in [0.3, 0.4) is 0 Å². The van der Waals surface area contributed by atoms with E-state index in [9.17, 15) is 13.2 Å². The van der Waals surface area contributed by atoms with Crippen LogP contribution in [0.4, 0.5) is 13.2 Å². The topological polar surface area (TPSA) is 24.4 Å². The average molecular weight is 232 g/mol. The van der Waals surface area contributed by atoms with Crippen LogP contribution in [0, 0.1) is 0 Å². The molecule has 0 bridgehead atoms. The molecule has 1 N–H and O–H groups in total. The highest BCUT2D eigenvalue weighted by molar-refractivity contribution is 5.61. The molecule has 0 aromatic heterocycles. The first-order valence-corrected chi connectivity index (χ1v) is 5.13. The summed E-state index contributed by atoms with van der Waals surface area (Å²) in [4.78, 5) is 3.99. The van der Waals surface area contributed by atoms with Crippen LogP contribution in [0.15, 0.2) is 28.2 Å². The fraction of sp³-hybridized carbons (Fsp3) is 0.545. The monoisotopic (exact) mass is 232 g/mol. The number of allylic oxidation sites excluding steroid dienone is 3. The fourth-order valence-electron chi connectivity index (χ4n) is 1.40. The third-order valence-corrected chi connectivity index (χ3v) is 2.29. The maximum absolute atomic E-state index is 12.3. The van der Waals surface area contributed by atoms with Crippen molar-refractivity contribution >= 4 is 6.21 Å². The molecule has 0 saturated heterocycles. The van der Waals surface area contributed by atoms with E-state index in [1.165, 1.54) is 0 Å². The van der Waals surface area contributed by atoms with Gasteiger partial charge < -0.3 is 5.32 Å². The minimum atomic E-state index is -4.17. The summed E-state index contributed by atoms with van der Waals surface area (Å²) in [6.45, 7) is 3.61. The second-order valence-corrected chi connectivity index (χ2v) is 3.69. The zero-order valence-electron chi connectivity index (χ0n) is 9.36. The molecule has 16 heavy (non-hydrogen) atoms. The van der Waals surface area contributed by atoms with Gasteiger partial charge in [0.05, 0.1) is 6.42 Å². The van der Waals surface area contributed by atoms with Crippen LogP contribution in [-0.4, -0.2) is 12.4 Å². The van der Waals surface area contributed by atoms with Gasteiger partial charge in [-0.25, -0.2) is 4.99 Å². The van der Waals surface area contributed by atoms with Crippen molar-refractivity contribution in [3.05, 3.63) is 23.2 Å². The molecule has 5 heteroatoms. The molecule has 0 aromatic carbocycles. The van der Waals surface area contributed by atoms with Gasteiger partial charge in [0.2, 0.25) is 0 Å². The summed E-state index contributed by atoms with van der Waals surface area (Å²) in [6, 6.07) is 0. The molecule has 0 unspecified atom stereocenters. The molecule has 2 nitrogen and oxygen atoms in total. The molecule has 0 aliphatic carbocycles. The molecular formula is C11H15F3N2. The first-order valence-electron chi connectivity index (χ1n) is 5.13. The van der Waals surface area contributed by atoms with Gasteiger partial charge >= 0.3 is 6.18 Å². The predicted octanol–water partition coefficient (Wildman–Crippen LogP) is 3.53. The molecule has 0 amide bonds. The number of aliphatic imine (C=N–C) groups is 1. The quantitative estimate of drug-likeness (QED) is 0.790. The number of halogens is 3. The second-order valence-electron chi connectivity index (χ2n) is 3.69. The Morgan fingerprint density at radius 3 is 2.81 bits per heavy atom. The summed E-state index contributed by atoms with van der Waals surface area (Å²) >= 11 is 0. The summed E-state index contributed by atoms with van der Waals surface area (Å²) in [7, 11) is 0. The number of alkyl halides is 3. The van der Waals surface area contributed by atoms with Gasteiger partial charge in [0, 0.05) is 11.9 Å². The summed E-state index contributed by atoms with van der Waals surface area (Å²) in [6.07, 6.45) is -0.621. The van der Waals surface area contributed by atoms with E-state index in [1.807, 2.05) is 6.92 Å². The standard InChI is InChI=1S/C11H15F3N2/c1-3-8(2)16-10-9(5-4-6-15-10)7-11(12,13)14/h3,6,16H,4-5,7H2,1-2H3/b8-3+. The second kappa shape index (κ2) is 5.18. The van der Waals surface area contributed by atoms with Crippen LogP contribution in [0.1, 0.15) is 33.1 Å². The van der Waals surface area contributed by atoms with E-state index in [0.29, 0.717) is 24.2 Å². The molecule has 0 atom stereocenters. The number of hydrogen-bond donors (Lipinski definition) is 1. The van der Waals surface area contributed by atoms with E-state index >= 15 is 0 Å². The minimum Gasteiger partial charge on any atom is -0.344 e. The Bertz CT molecular complexity index is 338. The van der Waals surface area contributed by atoms with Crippen LogP contribution < -0.4 is 5.32 Å². The minimum absolute atomic E-state index is 0.330. The van der Waals surface area contributed by atoms with Crippen molar-refractivity contribution < 1.29 is 13.2 Å². The molecule has 1 aliphatic heterocycles. The lowest BCUT2D eigenvalue weighted by Gasteiger charge is -2.18. The first-order chi connectivity index (χ1) is 7.42. The first kappa shape index (κ1) is 12.8. The molecule has 0 spiro atoms. The third kappa shape index (κ3) is 4.08. The van der Waals surface area contributed by atoms with Crippen LogP contribution in [0.2, 0.25) is 0 Å². The van der Waals surface area contributed by atoms with Crippen molar-refractivity contribution in [1.29, 1.82) is 0 Å². The highest BCUT2D eigenvalue weighted by Crippen LogP contribution is 2.30. The lowest BCUT2D eigenvalue weighted by Crippen LogP contribution is -2.18. The number of nitrogens with zero attached hydrogens (tertiary/aromatic N) is 1. The summed E-state index contributed by atoms with van der Waals surface area (Å²) in [5.41, 5.74) is 1.13. The SMILES string of the molecule is C/C=C(\C)NC1=C(CC(F)(F)F)CCC=N1. The van der Waals surface area contributed by atoms with E-state index in [1.54, 1.807) is 19.2 Å². The molecule has 0 aromatic rings. The summed E-state index contributed by atoms with van der Waals surface area (Å²) in [5, 5.41) is 2.88. The summed E-state index contributed by atoms with van der Waals surface area (Å²) < 4.78 is 36.9. The normalized spacial score (nSPS) is 17.9. The Kier molecular flexibility index (Phi) is 4.15. The Labute approximate surface area is 92.9 Å². The van der Waals surface area contributed by atoms with Crippen LogP contribution in [0.25, 0.3) is 0 Å². The maximum atomic E-state index is 12.3. The number of nitrogens with one attached hydrogen (secondary N) is 1. The molecule has 0 saturated carbocycles. The zero-order chi connectivity index (χ0) is 12.2. The third-order valence-electron chi connectivity index (χ3n) is 2.29. The predicted molar refractivity (Wildman–Crippen MR) is 58.0 cm³/mol. The fourth-order valence-corrected chi connectivity index (χ4v) is 1.40. The van der Waals surface area contributed by atoms with Gasteiger partial charge in [-0.2, -0.15) is 13.2 Å². The molecule has 90 valence electrons. The van der Waals surface area contributed by atoms with Gasteiger partial charge in [0.25, 0.3) is 0 Å². The Morgan fingerprint density at radius 1 is 1.56 bits per heavy atom. The van der Waals surface area contributed by atoms with Gasteiger partial charge in [-0.05, 0) is 32.3 Å². The zero-order valence-corrected chi connectivity index (χ0v) is 9.36. The molecule has 1 rings (SSSR count). The van der Waals surface area contributed by atoms with E-state index in [-0.39, 0.29) is 0 Å². The van der Waals surface area contributed by atoms with Crippen molar-refractivity contribution in [3.63, 3.8) is 0 Å². The van der Waals surface area contributed by atoms with Crippen LogP contribution in [-0.2, 0) is 0 Å². The van der Waals surface area contributed by atoms with Gasteiger partial charge in [-0.15, -0.1) is 0 Å². The molecular weight excluding hydrogens is 217 g/mol. The average Bonchev–Trinajstić information content (AvgIpc) is 2.18. The van der Waals surface area contributed by atoms with E-state index in [4.69, 9.17) is 0 Å². The van der Waals surface area contributed by atoms with Crippen LogP contribution >= 0.6 is 0 Å². The van der Waals surface area contributed by atoms with Crippen molar-refractivity contribution in [2.45, 2.75) is 39.3 Å². The van der Waals surface area contributed by atoms with Gasteiger partial charge in [0.1, 0.15) is 5.82 Å². The number of rotatable bonds is 3.